The summed E-state index contributed by atoms with van der Waals surface area (Å²) < 4.78 is 55.3. The lowest BCUT2D eigenvalue weighted by atomic mass is 9.79. The molecule has 0 bridgehead atoms. The minimum absolute atomic E-state index is 0.0867. The summed E-state index contributed by atoms with van der Waals surface area (Å²) in [5.41, 5.74) is -3.28. The topological polar surface area (TPSA) is 57.7 Å². The number of hydrogen-bond donors (Lipinski definition) is 0. The first-order valence-corrected chi connectivity index (χ1v) is 6.90. The van der Waals surface area contributed by atoms with Gasteiger partial charge in [0.1, 0.15) is 0 Å². The molecule has 0 amide bonds. The quantitative estimate of drug-likeness (QED) is 0.614. The van der Waals surface area contributed by atoms with E-state index in [4.69, 9.17) is 9.31 Å². The first-order valence-electron chi connectivity index (χ1n) is 6.90. The van der Waals surface area contributed by atoms with Gasteiger partial charge in [0.15, 0.2) is 5.69 Å². The van der Waals surface area contributed by atoms with Gasteiger partial charge in [0, 0.05) is 11.7 Å². The molecule has 0 atom stereocenters. The molecule has 0 aromatic carbocycles. The van der Waals surface area contributed by atoms with Crippen molar-refractivity contribution in [3.05, 3.63) is 23.5 Å². The van der Waals surface area contributed by atoms with Crippen LogP contribution < -0.4 is 5.46 Å². The maximum atomic E-state index is 13.2. The van der Waals surface area contributed by atoms with Gasteiger partial charge in [-0.05, 0) is 33.8 Å². The second-order valence-corrected chi connectivity index (χ2v) is 6.24. The highest BCUT2D eigenvalue weighted by atomic mass is 19.4. The van der Waals surface area contributed by atoms with Crippen molar-refractivity contribution >= 4 is 18.6 Å². The van der Waals surface area contributed by atoms with Gasteiger partial charge in [0.25, 0.3) is 0 Å². The van der Waals surface area contributed by atoms with Gasteiger partial charge >= 0.3 is 19.3 Å². The maximum Gasteiger partial charge on any atom is 0.496 e. The third-order valence-corrected chi connectivity index (χ3v) is 4.12. The van der Waals surface area contributed by atoms with E-state index in [1.165, 1.54) is 0 Å². The zero-order valence-corrected chi connectivity index (χ0v) is 13.4. The number of carbonyl (C=O) groups excluding carboxylic acids is 1. The average Bonchev–Trinajstić information content (AvgIpc) is 2.65. The predicted molar refractivity (Wildman–Crippen MR) is 76.3 cm³/mol. The highest BCUT2D eigenvalue weighted by molar-refractivity contribution is 6.62. The third kappa shape index (κ3) is 3.21. The number of halogens is 3. The molecule has 126 valence electrons. The van der Waals surface area contributed by atoms with Crippen molar-refractivity contribution in [1.29, 1.82) is 0 Å². The number of carbonyl (C=O) groups is 1. The van der Waals surface area contributed by atoms with Crippen LogP contribution in [0.5, 0.6) is 0 Å². The van der Waals surface area contributed by atoms with Crippen molar-refractivity contribution in [3.63, 3.8) is 0 Å². The van der Waals surface area contributed by atoms with E-state index in [0.717, 1.165) is 19.4 Å². The summed E-state index contributed by atoms with van der Waals surface area (Å²) in [6.45, 7) is 7.14. The fourth-order valence-corrected chi connectivity index (χ4v) is 2.06. The van der Waals surface area contributed by atoms with E-state index in [9.17, 15) is 18.0 Å². The molecule has 0 unspecified atom stereocenters. The molecular weight excluding hydrogens is 314 g/mol. The fourth-order valence-electron chi connectivity index (χ4n) is 2.06. The van der Waals surface area contributed by atoms with Crippen molar-refractivity contribution in [2.45, 2.75) is 45.1 Å². The average molecular weight is 331 g/mol. The summed E-state index contributed by atoms with van der Waals surface area (Å²) in [6, 6.07) is 0.807. The molecule has 0 radical (unpaired) electrons. The minimum atomic E-state index is -4.75. The van der Waals surface area contributed by atoms with E-state index in [0.29, 0.717) is 0 Å². The molecular formula is C14H17BF3NO4. The largest absolute Gasteiger partial charge is 0.496 e. The third-order valence-electron chi connectivity index (χ3n) is 4.12. The van der Waals surface area contributed by atoms with Crippen LogP contribution >= 0.6 is 0 Å². The minimum Gasteiger partial charge on any atom is -0.464 e. The molecule has 1 aliphatic rings. The van der Waals surface area contributed by atoms with Crippen molar-refractivity contribution in [2.75, 3.05) is 7.11 Å². The van der Waals surface area contributed by atoms with Crippen LogP contribution in [0.15, 0.2) is 12.3 Å². The number of nitrogens with zero attached hydrogens (tertiary/aromatic N) is 1. The van der Waals surface area contributed by atoms with Crippen LogP contribution in [0.25, 0.3) is 0 Å². The molecule has 0 saturated carbocycles. The molecule has 1 aliphatic heterocycles. The Balaban J connectivity index is 2.45. The van der Waals surface area contributed by atoms with Crippen LogP contribution in [0.4, 0.5) is 13.2 Å². The highest BCUT2D eigenvalue weighted by Crippen LogP contribution is 2.37. The number of alkyl halides is 3. The lowest BCUT2D eigenvalue weighted by molar-refractivity contribution is -0.138. The number of methoxy groups -OCH3 is 1. The molecule has 1 aromatic heterocycles. The first kappa shape index (κ1) is 17.7. The Morgan fingerprint density at radius 2 is 1.74 bits per heavy atom. The SMILES string of the molecule is COC(=O)c1ncc(B2OC(C)(C)C(C)(C)O2)cc1C(F)(F)F. The van der Waals surface area contributed by atoms with Crippen LogP contribution in [0, 0.1) is 0 Å². The number of pyridine rings is 1. The lowest BCUT2D eigenvalue weighted by Crippen LogP contribution is -2.41. The van der Waals surface area contributed by atoms with Gasteiger partial charge in [-0.25, -0.2) is 9.78 Å². The van der Waals surface area contributed by atoms with Crippen LogP contribution in [0.1, 0.15) is 43.7 Å². The van der Waals surface area contributed by atoms with Gasteiger partial charge in [0.05, 0.1) is 23.9 Å². The number of rotatable bonds is 2. The molecule has 5 nitrogen and oxygen atoms in total. The number of ether oxygens (including phenoxy) is 1. The van der Waals surface area contributed by atoms with E-state index >= 15 is 0 Å². The summed E-state index contributed by atoms with van der Waals surface area (Å²) >= 11 is 0. The summed E-state index contributed by atoms with van der Waals surface area (Å²) in [5, 5.41) is 0. The van der Waals surface area contributed by atoms with Gasteiger partial charge < -0.3 is 14.0 Å². The molecule has 0 N–H and O–H groups in total. The molecule has 0 spiro atoms. The zero-order valence-electron chi connectivity index (χ0n) is 13.4. The Bertz CT molecular complexity index is 615. The summed E-state index contributed by atoms with van der Waals surface area (Å²) in [5.74, 6) is -1.15. The molecule has 1 aromatic rings. The smallest absolute Gasteiger partial charge is 0.464 e. The van der Waals surface area contributed by atoms with Crippen molar-refractivity contribution in [1.82, 2.24) is 4.98 Å². The Kier molecular flexibility index (Phi) is 4.23. The van der Waals surface area contributed by atoms with E-state index < -0.39 is 41.7 Å². The number of aromatic nitrogens is 1. The van der Waals surface area contributed by atoms with Gasteiger partial charge in [-0.15, -0.1) is 0 Å². The van der Waals surface area contributed by atoms with Crippen LogP contribution in [0.2, 0.25) is 0 Å². The van der Waals surface area contributed by atoms with Crippen molar-refractivity contribution < 1.29 is 32.0 Å². The predicted octanol–water partition coefficient (Wildman–Crippen LogP) is 2.19. The number of esters is 1. The molecule has 1 fully saturated rings. The first-order chi connectivity index (χ1) is 10.4. The Hall–Kier alpha value is -1.61. The summed E-state index contributed by atoms with van der Waals surface area (Å²) in [4.78, 5) is 15.1. The van der Waals surface area contributed by atoms with E-state index in [1.807, 2.05) is 0 Å². The molecule has 2 heterocycles. The van der Waals surface area contributed by atoms with Crippen LogP contribution in [0.3, 0.4) is 0 Å². The lowest BCUT2D eigenvalue weighted by Gasteiger charge is -2.32. The van der Waals surface area contributed by atoms with Gasteiger partial charge in [0.2, 0.25) is 0 Å². The van der Waals surface area contributed by atoms with Gasteiger partial charge in [-0.1, -0.05) is 0 Å². The Morgan fingerprint density at radius 3 is 2.17 bits per heavy atom. The van der Waals surface area contributed by atoms with E-state index in [-0.39, 0.29) is 5.46 Å². The Labute approximate surface area is 132 Å². The molecule has 23 heavy (non-hydrogen) atoms. The highest BCUT2D eigenvalue weighted by Gasteiger charge is 2.52. The molecule has 9 heteroatoms. The second-order valence-electron chi connectivity index (χ2n) is 6.24. The van der Waals surface area contributed by atoms with Gasteiger partial charge in [-0.3, -0.25) is 0 Å². The Morgan fingerprint density at radius 1 is 1.22 bits per heavy atom. The maximum absolute atomic E-state index is 13.2. The normalized spacial score (nSPS) is 19.7. The monoisotopic (exact) mass is 331 g/mol. The molecule has 1 saturated heterocycles. The standard InChI is InChI=1S/C14H17BF3NO4/c1-12(2)13(3,4)23-15(22-12)8-6-9(14(16,17)18)10(19-7-8)11(20)21-5/h6-7H,1-5H3. The van der Waals surface area contributed by atoms with Crippen LogP contribution in [-0.2, 0) is 20.2 Å². The van der Waals surface area contributed by atoms with E-state index in [1.54, 1.807) is 27.7 Å². The summed E-state index contributed by atoms with van der Waals surface area (Å²) in [7, 11) is -0.00735. The zero-order chi connectivity index (χ0) is 17.6. The van der Waals surface area contributed by atoms with E-state index in [2.05, 4.69) is 9.72 Å². The second kappa shape index (κ2) is 5.49. The van der Waals surface area contributed by atoms with Crippen LogP contribution in [-0.4, -0.2) is 36.4 Å². The molecule has 0 aliphatic carbocycles. The fraction of sp³-hybridized carbons (Fsp3) is 0.571. The van der Waals surface area contributed by atoms with Crippen molar-refractivity contribution in [3.8, 4) is 0 Å². The number of hydrogen-bond acceptors (Lipinski definition) is 5. The molecule has 2 rings (SSSR count). The van der Waals surface area contributed by atoms with Crippen molar-refractivity contribution in [2.24, 2.45) is 0 Å². The van der Waals surface area contributed by atoms with Gasteiger partial charge in [-0.2, -0.15) is 13.2 Å². The summed E-state index contributed by atoms with van der Waals surface area (Å²) in [6.07, 6.45) is -3.63.